The molecule has 2 aromatic carbocycles. The number of amides is 1. The Kier molecular flexibility index (Phi) is 7.85. The van der Waals surface area contributed by atoms with Gasteiger partial charge >= 0.3 is 12.1 Å². The average Bonchev–Trinajstić information content (AvgIpc) is 3.36. The van der Waals surface area contributed by atoms with E-state index in [-0.39, 0.29) is 29.1 Å². The van der Waals surface area contributed by atoms with Crippen LogP contribution in [0.1, 0.15) is 51.3 Å². The Bertz CT molecular complexity index is 1820. The zero-order valence-electron chi connectivity index (χ0n) is 23.3. The Morgan fingerprint density at radius 1 is 1.02 bits per heavy atom. The second-order valence-electron chi connectivity index (χ2n) is 10.2. The lowest BCUT2D eigenvalue weighted by Crippen LogP contribution is -2.38. The van der Waals surface area contributed by atoms with Gasteiger partial charge in [0.2, 0.25) is 5.88 Å². The van der Waals surface area contributed by atoms with Crippen LogP contribution in [0.3, 0.4) is 0 Å². The molecule has 0 spiro atoms. The van der Waals surface area contributed by atoms with E-state index in [4.69, 9.17) is 4.74 Å². The second-order valence-corrected chi connectivity index (χ2v) is 10.2. The first-order valence-corrected chi connectivity index (χ1v) is 13.2. The molecule has 43 heavy (non-hydrogen) atoms. The van der Waals surface area contributed by atoms with Gasteiger partial charge < -0.3 is 19.3 Å². The minimum Gasteiger partial charge on any atom is -0.478 e. The molecule has 1 N–H and O–H groups in total. The maximum Gasteiger partial charge on any atom is 0.421 e. The number of carbonyl (C=O) groups excluding carboxylic acids is 1. The van der Waals surface area contributed by atoms with Crippen molar-refractivity contribution in [2.24, 2.45) is 0 Å². The number of carbonyl (C=O) groups is 2. The van der Waals surface area contributed by atoms with E-state index in [1.54, 1.807) is 61.1 Å². The minimum atomic E-state index is -4.82. The SMILES string of the molecule is Cc1ccc(C(=O)N(c2ccc(Oc3ncc(Cn4cnc5cnccc54)cc3C(F)(F)F)cc2C(=O)O)C(C)C)cc1. The van der Waals surface area contributed by atoms with Gasteiger partial charge in [0, 0.05) is 24.0 Å². The van der Waals surface area contributed by atoms with Gasteiger partial charge in [-0.05, 0) is 68.8 Å². The van der Waals surface area contributed by atoms with Crippen LogP contribution in [-0.4, -0.2) is 42.5 Å². The topological polar surface area (TPSA) is 110 Å². The highest BCUT2D eigenvalue weighted by Gasteiger charge is 2.36. The summed E-state index contributed by atoms with van der Waals surface area (Å²) in [7, 11) is 0. The molecule has 0 fully saturated rings. The minimum absolute atomic E-state index is 0.0643. The fourth-order valence-electron chi connectivity index (χ4n) is 4.63. The molecule has 0 unspecified atom stereocenters. The normalized spacial score (nSPS) is 11.6. The zero-order valence-corrected chi connectivity index (χ0v) is 23.3. The lowest BCUT2D eigenvalue weighted by Gasteiger charge is -2.28. The van der Waals surface area contributed by atoms with Gasteiger partial charge in [0.25, 0.3) is 5.91 Å². The molecular formula is C31H26F3N5O4. The van der Waals surface area contributed by atoms with E-state index in [1.807, 2.05) is 6.92 Å². The van der Waals surface area contributed by atoms with E-state index < -0.39 is 35.5 Å². The molecule has 3 heterocycles. The number of aromatic nitrogens is 4. The molecule has 0 aliphatic carbocycles. The van der Waals surface area contributed by atoms with Crippen LogP contribution < -0.4 is 9.64 Å². The number of pyridine rings is 2. The van der Waals surface area contributed by atoms with Gasteiger partial charge in [-0.2, -0.15) is 13.2 Å². The predicted octanol–water partition coefficient (Wildman–Crippen LogP) is 6.75. The maximum absolute atomic E-state index is 14.1. The molecule has 5 aromatic rings. The highest BCUT2D eigenvalue weighted by molar-refractivity contribution is 6.09. The van der Waals surface area contributed by atoms with Crippen LogP contribution in [0.15, 0.2) is 79.5 Å². The molecule has 0 bridgehead atoms. The van der Waals surface area contributed by atoms with Crippen molar-refractivity contribution in [2.45, 2.75) is 39.5 Å². The van der Waals surface area contributed by atoms with E-state index in [9.17, 15) is 27.9 Å². The summed E-state index contributed by atoms with van der Waals surface area (Å²) in [4.78, 5) is 39.1. The fourth-order valence-corrected chi connectivity index (χ4v) is 4.63. The highest BCUT2D eigenvalue weighted by atomic mass is 19.4. The Labute approximate surface area is 244 Å². The van der Waals surface area contributed by atoms with Crippen LogP contribution in [0.25, 0.3) is 11.0 Å². The number of rotatable bonds is 8. The average molecular weight is 590 g/mol. The summed E-state index contributed by atoms with van der Waals surface area (Å²) in [6.07, 6.45) is 1.06. The number of ether oxygens (including phenoxy) is 1. The van der Waals surface area contributed by atoms with Crippen molar-refractivity contribution < 1.29 is 32.6 Å². The first-order valence-electron chi connectivity index (χ1n) is 13.2. The molecule has 0 atom stereocenters. The fraction of sp³-hybridized carbons (Fsp3) is 0.194. The number of benzene rings is 2. The molecule has 3 aromatic heterocycles. The number of aromatic carboxylic acids is 1. The third kappa shape index (κ3) is 6.17. The van der Waals surface area contributed by atoms with Gasteiger partial charge in [0.15, 0.2) is 0 Å². The van der Waals surface area contributed by atoms with Crippen molar-refractivity contribution in [2.75, 3.05) is 4.90 Å². The highest BCUT2D eigenvalue weighted by Crippen LogP contribution is 2.38. The summed E-state index contributed by atoms with van der Waals surface area (Å²) in [6, 6.07) is 12.8. The molecule has 5 rings (SSSR count). The van der Waals surface area contributed by atoms with E-state index in [0.29, 0.717) is 16.6 Å². The Hall–Kier alpha value is -5.26. The third-order valence-corrected chi connectivity index (χ3v) is 6.70. The van der Waals surface area contributed by atoms with Crippen molar-refractivity contribution in [3.05, 3.63) is 107 Å². The summed E-state index contributed by atoms with van der Waals surface area (Å²) in [5.41, 5.74) is 1.47. The monoisotopic (exact) mass is 589 g/mol. The molecule has 220 valence electrons. The number of fused-ring (bicyclic) bond motifs is 1. The van der Waals surface area contributed by atoms with Gasteiger partial charge in [-0.1, -0.05) is 17.7 Å². The smallest absolute Gasteiger partial charge is 0.421 e. The first-order chi connectivity index (χ1) is 20.4. The van der Waals surface area contributed by atoms with Crippen LogP contribution in [0.2, 0.25) is 0 Å². The number of hydrogen-bond acceptors (Lipinski definition) is 6. The van der Waals surface area contributed by atoms with Crippen LogP contribution >= 0.6 is 0 Å². The molecule has 9 nitrogen and oxygen atoms in total. The summed E-state index contributed by atoms with van der Waals surface area (Å²) in [6.45, 7) is 5.40. The van der Waals surface area contributed by atoms with Crippen LogP contribution in [0.5, 0.6) is 11.6 Å². The van der Waals surface area contributed by atoms with E-state index >= 15 is 0 Å². The number of alkyl halides is 3. The number of imidazole rings is 1. The van der Waals surface area contributed by atoms with Crippen LogP contribution in [-0.2, 0) is 12.7 Å². The Morgan fingerprint density at radius 2 is 1.77 bits per heavy atom. The summed E-state index contributed by atoms with van der Waals surface area (Å²) in [5.74, 6) is -2.74. The van der Waals surface area contributed by atoms with Crippen molar-refractivity contribution >= 4 is 28.6 Å². The molecule has 0 aliphatic heterocycles. The zero-order chi connectivity index (χ0) is 30.9. The van der Waals surface area contributed by atoms with Crippen LogP contribution in [0.4, 0.5) is 18.9 Å². The molecule has 0 radical (unpaired) electrons. The molecule has 0 saturated heterocycles. The lowest BCUT2D eigenvalue weighted by molar-refractivity contribution is -0.138. The van der Waals surface area contributed by atoms with Gasteiger partial charge in [-0.15, -0.1) is 0 Å². The third-order valence-electron chi connectivity index (χ3n) is 6.70. The number of nitrogens with zero attached hydrogens (tertiary/aromatic N) is 5. The van der Waals surface area contributed by atoms with Crippen LogP contribution in [0, 0.1) is 6.92 Å². The van der Waals surface area contributed by atoms with E-state index in [0.717, 1.165) is 17.7 Å². The molecule has 0 aliphatic rings. The maximum atomic E-state index is 14.1. The molecular weight excluding hydrogens is 563 g/mol. The lowest BCUT2D eigenvalue weighted by atomic mass is 10.1. The number of carboxylic acid groups (broad SMARTS) is 1. The predicted molar refractivity (Wildman–Crippen MR) is 152 cm³/mol. The van der Waals surface area contributed by atoms with Gasteiger partial charge in [0.1, 0.15) is 16.8 Å². The summed E-state index contributed by atoms with van der Waals surface area (Å²) in [5, 5.41) is 9.99. The second kappa shape index (κ2) is 11.6. The quantitative estimate of drug-likeness (QED) is 0.213. The van der Waals surface area contributed by atoms with Gasteiger partial charge in [-0.3, -0.25) is 9.78 Å². The first kappa shape index (κ1) is 29.2. The van der Waals surface area contributed by atoms with Crippen molar-refractivity contribution in [3.8, 4) is 11.6 Å². The Balaban J connectivity index is 1.47. The van der Waals surface area contributed by atoms with Gasteiger partial charge in [0.05, 0.1) is 35.8 Å². The number of halogens is 3. The summed E-state index contributed by atoms with van der Waals surface area (Å²) >= 11 is 0. The van der Waals surface area contributed by atoms with Crippen molar-refractivity contribution in [1.82, 2.24) is 19.5 Å². The van der Waals surface area contributed by atoms with Crippen molar-refractivity contribution in [1.29, 1.82) is 0 Å². The standard InChI is InChI=1S/C31H26F3N5O4/c1-18(2)39(29(40)21-6-4-19(3)5-7-21)26-9-8-22(13-23(26)30(41)42)43-28-24(31(32,33)34)12-20(14-36-28)16-38-17-37-25-15-35-11-10-27(25)38/h4-15,17-18H,16H2,1-3H3,(H,41,42). The molecule has 0 saturated carbocycles. The Morgan fingerprint density at radius 3 is 2.44 bits per heavy atom. The molecule has 12 heteroatoms. The summed E-state index contributed by atoms with van der Waals surface area (Å²) < 4.78 is 49.5. The van der Waals surface area contributed by atoms with E-state index in [1.165, 1.54) is 29.6 Å². The van der Waals surface area contributed by atoms with E-state index in [2.05, 4.69) is 15.0 Å². The number of aryl methyl sites for hydroxylation is 1. The van der Waals surface area contributed by atoms with Gasteiger partial charge in [-0.25, -0.2) is 14.8 Å². The molecule has 1 amide bonds. The van der Waals surface area contributed by atoms with Crippen molar-refractivity contribution in [3.63, 3.8) is 0 Å². The number of anilines is 1. The largest absolute Gasteiger partial charge is 0.478 e. The number of carboxylic acids is 1. The number of hydrogen-bond donors (Lipinski definition) is 1.